The molecule has 2 aromatic rings. The van der Waals surface area contributed by atoms with Gasteiger partial charge in [-0.25, -0.2) is 9.97 Å². The quantitative estimate of drug-likeness (QED) is 0.796. The molecule has 0 saturated carbocycles. The van der Waals surface area contributed by atoms with Crippen LogP contribution in [0, 0.1) is 0 Å². The van der Waals surface area contributed by atoms with Gasteiger partial charge in [-0.2, -0.15) is 0 Å². The van der Waals surface area contributed by atoms with Crippen molar-refractivity contribution < 1.29 is 9.47 Å². The Hall–Kier alpha value is -1.20. The lowest BCUT2D eigenvalue weighted by molar-refractivity contribution is -0.0935. The molecule has 0 spiro atoms. The topological polar surface area (TPSA) is 44.2 Å². The Balaban J connectivity index is 1.98. The third-order valence-electron chi connectivity index (χ3n) is 3.00. The van der Waals surface area contributed by atoms with Crippen molar-refractivity contribution in [3.63, 3.8) is 0 Å². The van der Waals surface area contributed by atoms with Crippen molar-refractivity contribution >= 4 is 23.2 Å². The van der Waals surface area contributed by atoms with Crippen LogP contribution in [0.15, 0.2) is 30.3 Å². The first-order chi connectivity index (χ1) is 9.75. The molecule has 0 aliphatic carbocycles. The van der Waals surface area contributed by atoms with Crippen molar-refractivity contribution in [3.05, 3.63) is 46.5 Å². The molecule has 1 saturated heterocycles. The molecular formula is C14H12Cl2N2O2. The Morgan fingerprint density at radius 2 is 1.70 bits per heavy atom. The number of rotatable bonds is 2. The highest BCUT2D eigenvalue weighted by Gasteiger charge is 2.22. The Bertz CT molecular complexity index is 578. The van der Waals surface area contributed by atoms with Gasteiger partial charge in [0.15, 0.2) is 5.82 Å². The molecule has 1 unspecified atom stereocenters. The predicted octanol–water partition coefficient (Wildman–Crippen LogP) is 3.54. The Labute approximate surface area is 126 Å². The fourth-order valence-corrected chi connectivity index (χ4v) is 2.67. The second-order valence-corrected chi connectivity index (χ2v) is 5.05. The summed E-state index contributed by atoms with van der Waals surface area (Å²) in [5.41, 5.74) is 1.52. The number of nitrogens with zero attached hydrogens (tertiary/aromatic N) is 2. The van der Waals surface area contributed by atoms with Crippen LogP contribution in [0.2, 0.25) is 10.3 Å². The van der Waals surface area contributed by atoms with Gasteiger partial charge in [-0.05, 0) is 5.56 Å². The predicted molar refractivity (Wildman–Crippen MR) is 77.0 cm³/mol. The van der Waals surface area contributed by atoms with Gasteiger partial charge >= 0.3 is 0 Å². The molecule has 20 heavy (non-hydrogen) atoms. The lowest BCUT2D eigenvalue weighted by atomic mass is 10.1. The van der Waals surface area contributed by atoms with Crippen molar-refractivity contribution in [3.8, 4) is 11.1 Å². The third-order valence-corrected chi connectivity index (χ3v) is 3.55. The maximum Gasteiger partial charge on any atom is 0.162 e. The zero-order valence-electron chi connectivity index (χ0n) is 10.6. The molecule has 4 nitrogen and oxygen atoms in total. The molecule has 0 amide bonds. The van der Waals surface area contributed by atoms with Crippen molar-refractivity contribution in [2.24, 2.45) is 0 Å². The summed E-state index contributed by atoms with van der Waals surface area (Å²) >= 11 is 12.5. The van der Waals surface area contributed by atoms with E-state index < -0.39 is 0 Å². The van der Waals surface area contributed by atoms with Crippen LogP contribution in [-0.2, 0) is 9.47 Å². The highest BCUT2D eigenvalue weighted by molar-refractivity contribution is 6.37. The van der Waals surface area contributed by atoms with E-state index in [0.717, 1.165) is 5.56 Å². The maximum absolute atomic E-state index is 6.26. The summed E-state index contributed by atoms with van der Waals surface area (Å²) in [6.45, 7) is 1.51. The number of hydrogen-bond acceptors (Lipinski definition) is 4. The fourth-order valence-electron chi connectivity index (χ4n) is 2.05. The summed E-state index contributed by atoms with van der Waals surface area (Å²) in [6.07, 6.45) is -0.316. The first-order valence-electron chi connectivity index (χ1n) is 6.23. The Kier molecular flexibility index (Phi) is 4.17. The van der Waals surface area contributed by atoms with Crippen LogP contribution >= 0.6 is 23.2 Å². The van der Waals surface area contributed by atoms with Gasteiger partial charge in [0, 0.05) is 0 Å². The molecule has 0 N–H and O–H groups in total. The van der Waals surface area contributed by atoms with Gasteiger partial charge in [0.1, 0.15) is 16.4 Å². The number of hydrogen-bond donors (Lipinski definition) is 0. The van der Waals surface area contributed by atoms with E-state index in [4.69, 9.17) is 32.7 Å². The highest BCUT2D eigenvalue weighted by Crippen LogP contribution is 2.33. The van der Waals surface area contributed by atoms with E-state index in [1.54, 1.807) is 0 Å². The average Bonchev–Trinajstić information content (AvgIpc) is 2.48. The van der Waals surface area contributed by atoms with E-state index in [9.17, 15) is 0 Å². The van der Waals surface area contributed by atoms with Crippen molar-refractivity contribution in [1.82, 2.24) is 9.97 Å². The van der Waals surface area contributed by atoms with E-state index in [-0.39, 0.29) is 6.10 Å². The minimum Gasteiger partial charge on any atom is -0.376 e. The summed E-state index contributed by atoms with van der Waals surface area (Å²) in [6, 6.07) is 9.57. The minimum absolute atomic E-state index is 0.316. The minimum atomic E-state index is -0.316. The highest BCUT2D eigenvalue weighted by atomic mass is 35.5. The molecule has 1 fully saturated rings. The van der Waals surface area contributed by atoms with Crippen LogP contribution in [0.25, 0.3) is 11.1 Å². The largest absolute Gasteiger partial charge is 0.376 e. The van der Waals surface area contributed by atoms with Gasteiger partial charge in [-0.15, -0.1) is 0 Å². The van der Waals surface area contributed by atoms with Gasteiger partial charge < -0.3 is 9.47 Å². The zero-order valence-corrected chi connectivity index (χ0v) is 12.1. The molecule has 1 aromatic carbocycles. The van der Waals surface area contributed by atoms with Crippen LogP contribution in [-0.4, -0.2) is 29.8 Å². The maximum atomic E-state index is 6.26. The fraction of sp³-hybridized carbons (Fsp3) is 0.286. The van der Waals surface area contributed by atoms with Crippen LogP contribution in [0.1, 0.15) is 11.9 Å². The lowest BCUT2D eigenvalue weighted by Gasteiger charge is -2.22. The van der Waals surface area contributed by atoms with Crippen molar-refractivity contribution in [2.75, 3.05) is 19.8 Å². The molecule has 1 aliphatic rings. The van der Waals surface area contributed by atoms with Gasteiger partial charge in [0.2, 0.25) is 0 Å². The van der Waals surface area contributed by atoms with Gasteiger partial charge in [-0.1, -0.05) is 53.5 Å². The normalized spacial score (nSPS) is 19.0. The van der Waals surface area contributed by atoms with Gasteiger partial charge in [-0.3, -0.25) is 0 Å². The number of halogens is 2. The molecule has 0 bridgehead atoms. The summed E-state index contributed by atoms with van der Waals surface area (Å²) in [5.74, 6) is 0.458. The second-order valence-electron chi connectivity index (χ2n) is 4.34. The Morgan fingerprint density at radius 3 is 2.30 bits per heavy atom. The molecule has 2 heterocycles. The second kappa shape index (κ2) is 6.06. The molecular weight excluding hydrogens is 299 g/mol. The molecule has 1 aromatic heterocycles. The van der Waals surface area contributed by atoms with E-state index in [1.165, 1.54) is 0 Å². The first kappa shape index (κ1) is 13.8. The molecule has 1 atom stereocenters. The molecule has 6 heteroatoms. The molecule has 1 aliphatic heterocycles. The molecule has 3 rings (SSSR count). The Morgan fingerprint density at radius 1 is 1.00 bits per heavy atom. The number of benzene rings is 1. The average molecular weight is 311 g/mol. The first-order valence-corrected chi connectivity index (χ1v) is 6.99. The van der Waals surface area contributed by atoms with E-state index in [2.05, 4.69) is 9.97 Å². The standard InChI is InChI=1S/C14H12Cl2N2O2/c15-12-11(9-4-2-1-3-5-9)13(16)18-14(17-12)10-8-19-6-7-20-10/h1-5,10H,6-8H2. The van der Waals surface area contributed by atoms with Crippen molar-refractivity contribution in [2.45, 2.75) is 6.10 Å². The van der Waals surface area contributed by atoms with Crippen LogP contribution in [0.5, 0.6) is 0 Å². The summed E-state index contributed by atoms with van der Waals surface area (Å²) < 4.78 is 10.9. The molecule has 104 valence electrons. The van der Waals surface area contributed by atoms with Gasteiger partial charge in [0.25, 0.3) is 0 Å². The van der Waals surface area contributed by atoms with Crippen molar-refractivity contribution in [1.29, 1.82) is 0 Å². The summed E-state index contributed by atoms with van der Waals surface area (Å²) in [4.78, 5) is 8.60. The van der Waals surface area contributed by atoms with Crippen LogP contribution < -0.4 is 0 Å². The summed E-state index contributed by atoms with van der Waals surface area (Å²) in [7, 11) is 0. The number of ether oxygens (including phenoxy) is 2. The van der Waals surface area contributed by atoms with Crippen LogP contribution in [0.3, 0.4) is 0 Å². The lowest BCUT2D eigenvalue weighted by Crippen LogP contribution is -2.23. The van der Waals surface area contributed by atoms with Gasteiger partial charge in [0.05, 0.1) is 25.4 Å². The summed E-state index contributed by atoms with van der Waals surface area (Å²) in [5, 5.41) is 0.640. The van der Waals surface area contributed by atoms with E-state index >= 15 is 0 Å². The zero-order chi connectivity index (χ0) is 13.9. The monoisotopic (exact) mass is 310 g/mol. The molecule has 0 radical (unpaired) electrons. The van der Waals surface area contributed by atoms with E-state index in [0.29, 0.717) is 41.5 Å². The van der Waals surface area contributed by atoms with Crippen LogP contribution in [0.4, 0.5) is 0 Å². The SMILES string of the molecule is Clc1nc(C2COCCO2)nc(Cl)c1-c1ccccc1. The van der Waals surface area contributed by atoms with E-state index in [1.807, 2.05) is 30.3 Å². The third kappa shape index (κ3) is 2.79. The number of aromatic nitrogens is 2. The smallest absolute Gasteiger partial charge is 0.162 e.